The van der Waals surface area contributed by atoms with Crippen LogP contribution in [-0.4, -0.2) is 20.6 Å². The third kappa shape index (κ3) is 3.26. The summed E-state index contributed by atoms with van der Waals surface area (Å²) in [5, 5.41) is 8.74. The molecule has 1 aromatic carbocycles. The van der Waals surface area contributed by atoms with E-state index in [0.29, 0.717) is 12.5 Å². The fourth-order valence-electron chi connectivity index (χ4n) is 2.13. The SMILES string of the molecule is Cc1nc(-c2ccc(C(C)C)cc2)cn1CCC(=O)O. The van der Waals surface area contributed by atoms with Crippen LogP contribution in [0, 0.1) is 6.92 Å². The topological polar surface area (TPSA) is 55.1 Å². The van der Waals surface area contributed by atoms with Gasteiger partial charge in [-0.2, -0.15) is 0 Å². The number of nitrogens with zero attached hydrogens (tertiary/aromatic N) is 2. The Hall–Kier alpha value is -2.10. The van der Waals surface area contributed by atoms with Crippen LogP contribution in [0.25, 0.3) is 11.3 Å². The first-order valence-electron chi connectivity index (χ1n) is 6.83. The Morgan fingerprint density at radius 3 is 2.50 bits per heavy atom. The molecule has 4 heteroatoms. The van der Waals surface area contributed by atoms with Crippen LogP contribution in [0.1, 0.15) is 37.6 Å². The van der Waals surface area contributed by atoms with Crippen molar-refractivity contribution in [2.75, 3.05) is 0 Å². The highest BCUT2D eigenvalue weighted by atomic mass is 16.4. The number of rotatable bonds is 5. The summed E-state index contributed by atoms with van der Waals surface area (Å²) in [6.07, 6.45) is 2.03. The van der Waals surface area contributed by atoms with Crippen LogP contribution in [0.2, 0.25) is 0 Å². The number of carboxylic acid groups (broad SMARTS) is 1. The Morgan fingerprint density at radius 2 is 1.95 bits per heavy atom. The summed E-state index contributed by atoms with van der Waals surface area (Å²) in [6, 6.07) is 8.37. The van der Waals surface area contributed by atoms with Gasteiger partial charge in [-0.3, -0.25) is 4.79 Å². The zero-order valence-electron chi connectivity index (χ0n) is 12.1. The van der Waals surface area contributed by atoms with E-state index in [9.17, 15) is 4.79 Å². The first-order chi connectivity index (χ1) is 9.47. The number of aliphatic carboxylic acids is 1. The molecule has 0 aliphatic rings. The molecular formula is C16H20N2O2. The number of aromatic nitrogens is 2. The predicted molar refractivity (Wildman–Crippen MR) is 78.7 cm³/mol. The molecule has 1 N–H and O–H groups in total. The van der Waals surface area contributed by atoms with Gasteiger partial charge in [0.05, 0.1) is 12.1 Å². The second-order valence-corrected chi connectivity index (χ2v) is 5.29. The molecule has 20 heavy (non-hydrogen) atoms. The molecule has 0 atom stereocenters. The van der Waals surface area contributed by atoms with Gasteiger partial charge in [-0.05, 0) is 18.4 Å². The third-order valence-electron chi connectivity index (χ3n) is 3.42. The summed E-state index contributed by atoms with van der Waals surface area (Å²) in [4.78, 5) is 15.1. The molecular weight excluding hydrogens is 252 g/mol. The monoisotopic (exact) mass is 272 g/mol. The highest BCUT2D eigenvalue weighted by Crippen LogP contribution is 2.22. The zero-order valence-corrected chi connectivity index (χ0v) is 12.1. The van der Waals surface area contributed by atoms with Crippen molar-refractivity contribution in [3.63, 3.8) is 0 Å². The fraction of sp³-hybridized carbons (Fsp3) is 0.375. The summed E-state index contributed by atoms with van der Waals surface area (Å²) in [5.74, 6) is 0.564. The molecule has 2 rings (SSSR count). The standard InChI is InChI=1S/C16H20N2O2/c1-11(2)13-4-6-14(7-5-13)15-10-18(12(3)17-15)9-8-16(19)20/h4-7,10-11H,8-9H2,1-3H3,(H,19,20). The minimum absolute atomic E-state index is 0.114. The lowest BCUT2D eigenvalue weighted by Gasteiger charge is -2.05. The Balaban J connectivity index is 2.20. The molecule has 0 aliphatic carbocycles. The molecule has 0 bridgehead atoms. The van der Waals surface area contributed by atoms with Crippen molar-refractivity contribution >= 4 is 5.97 Å². The van der Waals surface area contributed by atoms with Gasteiger partial charge in [0.2, 0.25) is 0 Å². The van der Waals surface area contributed by atoms with E-state index in [1.54, 1.807) is 0 Å². The van der Waals surface area contributed by atoms with E-state index in [1.807, 2.05) is 17.7 Å². The van der Waals surface area contributed by atoms with Crippen molar-refractivity contribution in [3.05, 3.63) is 41.9 Å². The first kappa shape index (κ1) is 14.3. The molecule has 2 aromatic rings. The molecule has 0 spiro atoms. The average molecular weight is 272 g/mol. The van der Waals surface area contributed by atoms with Crippen molar-refractivity contribution in [1.29, 1.82) is 0 Å². The van der Waals surface area contributed by atoms with Gasteiger partial charge < -0.3 is 9.67 Å². The second kappa shape index (κ2) is 5.90. The van der Waals surface area contributed by atoms with Crippen LogP contribution in [0.5, 0.6) is 0 Å². The Kier molecular flexibility index (Phi) is 4.23. The maximum absolute atomic E-state index is 10.6. The van der Waals surface area contributed by atoms with E-state index < -0.39 is 5.97 Å². The molecule has 0 unspecified atom stereocenters. The smallest absolute Gasteiger partial charge is 0.305 e. The van der Waals surface area contributed by atoms with Crippen molar-refractivity contribution in [2.24, 2.45) is 0 Å². The largest absolute Gasteiger partial charge is 0.481 e. The van der Waals surface area contributed by atoms with Gasteiger partial charge in [-0.25, -0.2) is 4.98 Å². The summed E-state index contributed by atoms with van der Waals surface area (Å²) >= 11 is 0. The van der Waals surface area contributed by atoms with Crippen molar-refractivity contribution in [1.82, 2.24) is 9.55 Å². The molecule has 0 saturated heterocycles. The maximum Gasteiger partial charge on any atom is 0.305 e. The van der Waals surface area contributed by atoms with Gasteiger partial charge in [-0.15, -0.1) is 0 Å². The molecule has 106 valence electrons. The highest BCUT2D eigenvalue weighted by Gasteiger charge is 2.08. The van der Waals surface area contributed by atoms with Crippen molar-refractivity contribution in [2.45, 2.75) is 39.7 Å². The van der Waals surface area contributed by atoms with E-state index in [4.69, 9.17) is 5.11 Å². The molecule has 4 nitrogen and oxygen atoms in total. The lowest BCUT2D eigenvalue weighted by Crippen LogP contribution is -2.04. The van der Waals surface area contributed by atoms with Crippen LogP contribution >= 0.6 is 0 Å². The molecule has 0 aliphatic heterocycles. The maximum atomic E-state index is 10.6. The van der Waals surface area contributed by atoms with Crippen LogP contribution < -0.4 is 0 Å². The lowest BCUT2D eigenvalue weighted by atomic mass is 10.0. The number of imidazole rings is 1. The first-order valence-corrected chi connectivity index (χ1v) is 6.83. The molecule has 1 heterocycles. The zero-order chi connectivity index (χ0) is 14.7. The molecule has 0 saturated carbocycles. The summed E-state index contributed by atoms with van der Waals surface area (Å²) in [7, 11) is 0. The summed E-state index contributed by atoms with van der Waals surface area (Å²) < 4.78 is 1.89. The van der Waals surface area contributed by atoms with E-state index in [1.165, 1.54) is 5.56 Å². The van der Waals surface area contributed by atoms with Gasteiger partial charge in [-0.1, -0.05) is 38.1 Å². The molecule has 0 amide bonds. The second-order valence-electron chi connectivity index (χ2n) is 5.29. The van der Waals surface area contributed by atoms with Gasteiger partial charge in [0.25, 0.3) is 0 Å². The van der Waals surface area contributed by atoms with Gasteiger partial charge >= 0.3 is 5.97 Å². The van der Waals surface area contributed by atoms with E-state index in [0.717, 1.165) is 17.1 Å². The summed E-state index contributed by atoms with van der Waals surface area (Å²) in [5.41, 5.74) is 3.26. The van der Waals surface area contributed by atoms with Crippen molar-refractivity contribution in [3.8, 4) is 11.3 Å². The van der Waals surface area contributed by atoms with Gasteiger partial charge in [0, 0.05) is 18.3 Å². The number of aryl methyl sites for hydroxylation is 2. The molecule has 0 fully saturated rings. The Labute approximate surface area is 119 Å². The van der Waals surface area contributed by atoms with Crippen LogP contribution in [0.3, 0.4) is 0 Å². The highest BCUT2D eigenvalue weighted by molar-refractivity contribution is 5.66. The molecule has 0 radical (unpaired) electrons. The fourth-order valence-corrected chi connectivity index (χ4v) is 2.13. The van der Waals surface area contributed by atoms with Crippen LogP contribution in [0.4, 0.5) is 0 Å². The van der Waals surface area contributed by atoms with Gasteiger partial charge in [0.1, 0.15) is 5.82 Å². The average Bonchev–Trinajstić information content (AvgIpc) is 2.78. The number of hydrogen-bond acceptors (Lipinski definition) is 2. The van der Waals surface area contributed by atoms with E-state index in [-0.39, 0.29) is 6.42 Å². The minimum Gasteiger partial charge on any atom is -0.481 e. The van der Waals surface area contributed by atoms with Gasteiger partial charge in [0.15, 0.2) is 0 Å². The lowest BCUT2D eigenvalue weighted by molar-refractivity contribution is -0.137. The third-order valence-corrected chi connectivity index (χ3v) is 3.42. The van der Waals surface area contributed by atoms with E-state index >= 15 is 0 Å². The Morgan fingerprint density at radius 1 is 1.30 bits per heavy atom. The number of hydrogen-bond donors (Lipinski definition) is 1. The molecule has 1 aromatic heterocycles. The predicted octanol–water partition coefficient (Wildman–Crippen LogP) is 3.46. The Bertz CT molecular complexity index is 597. The normalized spacial score (nSPS) is 11.0. The van der Waals surface area contributed by atoms with Crippen LogP contribution in [-0.2, 0) is 11.3 Å². The number of carbonyl (C=O) groups is 1. The minimum atomic E-state index is -0.791. The van der Waals surface area contributed by atoms with Crippen LogP contribution in [0.15, 0.2) is 30.5 Å². The quantitative estimate of drug-likeness (QED) is 0.907. The van der Waals surface area contributed by atoms with Crippen molar-refractivity contribution < 1.29 is 9.90 Å². The van der Waals surface area contributed by atoms with E-state index in [2.05, 4.69) is 43.1 Å². The summed E-state index contributed by atoms with van der Waals surface area (Å²) in [6.45, 7) is 6.69. The number of carboxylic acids is 1. The number of benzene rings is 1.